The highest BCUT2D eigenvalue weighted by molar-refractivity contribution is 14.1. The molecule has 1 atom stereocenters. The average molecular weight is 643 g/mol. The van der Waals surface area contributed by atoms with Gasteiger partial charge in [-0.2, -0.15) is 0 Å². The van der Waals surface area contributed by atoms with Crippen LogP contribution in [0.2, 0.25) is 0 Å². The van der Waals surface area contributed by atoms with Gasteiger partial charge in [-0.25, -0.2) is 4.98 Å². The van der Waals surface area contributed by atoms with E-state index in [1.165, 1.54) is 23.3 Å². The Morgan fingerprint density at radius 1 is 1.18 bits per heavy atom. The summed E-state index contributed by atoms with van der Waals surface area (Å²) in [4.78, 5) is 42.8. The highest BCUT2D eigenvalue weighted by atomic mass is 127. The second-order valence-corrected chi connectivity index (χ2v) is 12.0. The van der Waals surface area contributed by atoms with Gasteiger partial charge in [0.15, 0.2) is 0 Å². The van der Waals surface area contributed by atoms with Gasteiger partial charge in [-0.3, -0.25) is 9.59 Å². The molecule has 2 aliphatic rings. The highest BCUT2D eigenvalue weighted by Crippen LogP contribution is 2.31. The predicted octanol–water partition coefficient (Wildman–Crippen LogP) is 5.01. The van der Waals surface area contributed by atoms with Gasteiger partial charge in [0.2, 0.25) is 0 Å². The predicted molar refractivity (Wildman–Crippen MR) is 161 cm³/mol. The standard InChI is InChI=1S/C28H31IN6O2S/c1-17(12-24-18(15-29)5-11-38-24)31-21-4-6-30-27(36)25(21)26-32-22-13-19-16-35(10-9-34-7-2-3-8-34)28(37)20(19)14-23(22)33-26/h4-6,11,13-14,17H,2-3,7-10,12,15-16H2,1H3,(H,32,33)(H2,30,31,36)/t17-/m0/s1. The number of anilines is 1. The first-order valence-corrected chi connectivity index (χ1v) is 15.5. The molecule has 0 aliphatic carbocycles. The molecule has 4 aromatic rings. The lowest BCUT2D eigenvalue weighted by Gasteiger charge is -2.20. The number of carbonyl (C=O) groups excluding carboxylic acids is 1. The third-order valence-corrected chi connectivity index (χ3v) is 9.35. The molecule has 0 unspecified atom stereocenters. The first kappa shape index (κ1) is 25.6. The molecule has 1 fully saturated rings. The number of amides is 1. The van der Waals surface area contributed by atoms with Crippen LogP contribution in [-0.2, 0) is 17.4 Å². The van der Waals surface area contributed by atoms with Crippen LogP contribution in [-0.4, -0.2) is 62.9 Å². The van der Waals surface area contributed by atoms with Gasteiger partial charge in [-0.1, -0.05) is 22.6 Å². The lowest BCUT2D eigenvalue weighted by atomic mass is 10.1. The summed E-state index contributed by atoms with van der Waals surface area (Å²) in [5, 5.41) is 5.68. The van der Waals surface area contributed by atoms with Gasteiger partial charge in [0, 0.05) is 53.2 Å². The van der Waals surface area contributed by atoms with Crippen LogP contribution in [0.25, 0.3) is 22.4 Å². The number of nitrogens with zero attached hydrogens (tertiary/aromatic N) is 3. The van der Waals surface area contributed by atoms with E-state index in [-0.39, 0.29) is 17.5 Å². The second kappa shape index (κ2) is 10.8. The topological polar surface area (TPSA) is 97.1 Å². The van der Waals surface area contributed by atoms with Crippen molar-refractivity contribution in [3.05, 3.63) is 67.8 Å². The van der Waals surface area contributed by atoms with Crippen molar-refractivity contribution in [2.75, 3.05) is 31.5 Å². The summed E-state index contributed by atoms with van der Waals surface area (Å²) in [5.74, 6) is 0.571. The third kappa shape index (κ3) is 5.01. The van der Waals surface area contributed by atoms with Crippen molar-refractivity contribution in [3.63, 3.8) is 0 Å². The quantitative estimate of drug-likeness (QED) is 0.176. The Balaban J connectivity index is 1.23. The molecule has 3 N–H and O–H groups in total. The number of hydrogen-bond acceptors (Lipinski definition) is 6. The molecule has 198 valence electrons. The molecule has 3 aromatic heterocycles. The summed E-state index contributed by atoms with van der Waals surface area (Å²) in [6.07, 6.45) is 5.04. The zero-order valence-corrected chi connectivity index (χ0v) is 24.3. The SMILES string of the molecule is C[C@@H](Cc1sccc1CI)Nc1cc[nH]c(=O)c1-c1nc2cc3c(cc2[nH]1)CN(CCN1CCCC1)C3=O. The normalized spacial score (nSPS) is 16.5. The molecule has 1 saturated heterocycles. The molecule has 5 heterocycles. The van der Waals surface area contributed by atoms with E-state index < -0.39 is 0 Å². The van der Waals surface area contributed by atoms with Crippen molar-refractivity contribution in [2.24, 2.45) is 0 Å². The van der Waals surface area contributed by atoms with Crippen LogP contribution in [0.4, 0.5) is 5.69 Å². The molecule has 0 bridgehead atoms. The van der Waals surface area contributed by atoms with Gasteiger partial charge in [0.05, 0.1) is 16.7 Å². The van der Waals surface area contributed by atoms with Gasteiger partial charge in [0.25, 0.3) is 11.5 Å². The number of H-pyrrole nitrogens is 2. The van der Waals surface area contributed by atoms with Crippen LogP contribution in [0.1, 0.15) is 46.1 Å². The van der Waals surface area contributed by atoms with Crippen LogP contribution in [0.3, 0.4) is 0 Å². The Morgan fingerprint density at radius 2 is 2.03 bits per heavy atom. The van der Waals surface area contributed by atoms with E-state index in [1.54, 1.807) is 17.5 Å². The van der Waals surface area contributed by atoms with Gasteiger partial charge >= 0.3 is 0 Å². The number of thiophene rings is 1. The molecule has 1 aromatic carbocycles. The molecule has 10 heteroatoms. The first-order chi connectivity index (χ1) is 18.5. The number of nitrogens with one attached hydrogen (secondary N) is 3. The zero-order valence-electron chi connectivity index (χ0n) is 21.3. The number of carbonyl (C=O) groups is 1. The molecular weight excluding hydrogens is 611 g/mol. The average Bonchev–Trinajstić information content (AvgIpc) is 3.69. The number of halogens is 1. The Hall–Kier alpha value is -2.70. The number of aromatic nitrogens is 3. The summed E-state index contributed by atoms with van der Waals surface area (Å²) < 4.78 is 0.987. The maximum Gasteiger partial charge on any atom is 0.261 e. The minimum absolute atomic E-state index is 0.0684. The molecule has 0 saturated carbocycles. The Labute approximate surface area is 239 Å². The van der Waals surface area contributed by atoms with E-state index in [4.69, 9.17) is 4.98 Å². The maximum absolute atomic E-state index is 13.1. The molecule has 1 amide bonds. The van der Waals surface area contributed by atoms with E-state index >= 15 is 0 Å². The lowest BCUT2D eigenvalue weighted by molar-refractivity contribution is 0.0763. The number of alkyl halides is 1. The van der Waals surface area contributed by atoms with Crippen LogP contribution in [0.15, 0.2) is 40.6 Å². The van der Waals surface area contributed by atoms with Crippen molar-refractivity contribution < 1.29 is 4.79 Å². The minimum atomic E-state index is -0.206. The summed E-state index contributed by atoms with van der Waals surface area (Å²) in [5.41, 5.74) is 5.63. The van der Waals surface area contributed by atoms with E-state index in [2.05, 4.69) is 61.1 Å². The Morgan fingerprint density at radius 3 is 2.84 bits per heavy atom. The van der Waals surface area contributed by atoms with Gasteiger partial charge in [0.1, 0.15) is 11.4 Å². The number of rotatable bonds is 9. The summed E-state index contributed by atoms with van der Waals surface area (Å²) in [6, 6.07) is 8.09. The van der Waals surface area contributed by atoms with Crippen molar-refractivity contribution >= 4 is 56.6 Å². The van der Waals surface area contributed by atoms with Gasteiger partial charge in [-0.15, -0.1) is 11.3 Å². The number of fused-ring (bicyclic) bond motifs is 2. The smallest absolute Gasteiger partial charge is 0.261 e. The molecule has 8 nitrogen and oxygen atoms in total. The molecule has 0 spiro atoms. The van der Waals surface area contributed by atoms with Crippen LogP contribution < -0.4 is 10.9 Å². The number of imidazole rings is 1. The number of aromatic amines is 2. The summed E-state index contributed by atoms with van der Waals surface area (Å²) in [7, 11) is 0. The van der Waals surface area contributed by atoms with Crippen molar-refractivity contribution in [3.8, 4) is 11.4 Å². The van der Waals surface area contributed by atoms with E-state index in [0.29, 0.717) is 29.0 Å². The molecule has 0 radical (unpaired) electrons. The number of pyridine rings is 1. The monoisotopic (exact) mass is 642 g/mol. The van der Waals surface area contributed by atoms with Crippen LogP contribution in [0.5, 0.6) is 0 Å². The first-order valence-electron chi connectivity index (χ1n) is 13.1. The lowest BCUT2D eigenvalue weighted by Crippen LogP contribution is -2.33. The van der Waals surface area contributed by atoms with Gasteiger partial charge in [-0.05, 0) is 73.6 Å². The van der Waals surface area contributed by atoms with Crippen molar-refractivity contribution in [2.45, 2.75) is 43.2 Å². The van der Waals surface area contributed by atoms with Crippen LogP contribution in [0, 0.1) is 0 Å². The summed E-state index contributed by atoms with van der Waals surface area (Å²) in [6.45, 7) is 6.68. The molecule has 38 heavy (non-hydrogen) atoms. The highest BCUT2D eigenvalue weighted by Gasteiger charge is 2.29. The van der Waals surface area contributed by atoms with E-state index in [1.807, 2.05) is 23.1 Å². The van der Waals surface area contributed by atoms with Crippen molar-refractivity contribution in [1.82, 2.24) is 24.8 Å². The number of hydrogen-bond donors (Lipinski definition) is 3. The fraction of sp³-hybridized carbons (Fsp3) is 0.393. The number of likely N-dealkylation sites (tertiary alicyclic amines) is 1. The van der Waals surface area contributed by atoms with E-state index in [9.17, 15) is 9.59 Å². The van der Waals surface area contributed by atoms with Gasteiger partial charge < -0.3 is 25.1 Å². The molecule has 6 rings (SSSR count). The Kier molecular flexibility index (Phi) is 7.28. The van der Waals surface area contributed by atoms with Crippen molar-refractivity contribution in [1.29, 1.82) is 0 Å². The maximum atomic E-state index is 13.1. The van der Waals surface area contributed by atoms with Crippen LogP contribution >= 0.6 is 33.9 Å². The summed E-state index contributed by atoms with van der Waals surface area (Å²) >= 11 is 4.17. The third-order valence-electron chi connectivity index (χ3n) is 7.54. The molecule has 2 aliphatic heterocycles. The second-order valence-electron chi connectivity index (χ2n) is 10.2. The molecular formula is C28H31IN6O2S. The fourth-order valence-electron chi connectivity index (χ4n) is 5.54. The largest absolute Gasteiger partial charge is 0.381 e. The minimum Gasteiger partial charge on any atom is -0.381 e. The number of benzene rings is 1. The zero-order chi connectivity index (χ0) is 26.2. The Bertz CT molecular complexity index is 1540. The van der Waals surface area contributed by atoms with E-state index in [0.717, 1.165) is 53.8 Å². The fourth-order valence-corrected chi connectivity index (χ4v) is 7.55.